The number of rotatable bonds is 6. The maximum Gasteiger partial charge on any atom is 0.276 e. The number of halogens is 2. The second-order valence-electron chi connectivity index (χ2n) is 6.62. The lowest BCUT2D eigenvalue weighted by Crippen LogP contribution is -2.30. The second-order valence-corrected chi connectivity index (χ2v) is 7.43. The highest BCUT2D eigenvalue weighted by atomic mass is 35.5. The van der Waals surface area contributed by atoms with Crippen LogP contribution in [0.15, 0.2) is 53.2 Å². The van der Waals surface area contributed by atoms with E-state index in [1.54, 1.807) is 29.3 Å². The highest BCUT2D eigenvalue weighted by Gasteiger charge is 2.30. The van der Waals surface area contributed by atoms with E-state index in [-0.39, 0.29) is 5.91 Å². The first-order valence-corrected chi connectivity index (χ1v) is 9.45. The molecule has 0 bridgehead atoms. The molecule has 0 aliphatic heterocycles. The predicted octanol–water partition coefficient (Wildman–Crippen LogP) is 5.10. The lowest BCUT2D eigenvalue weighted by molar-refractivity contribution is 0.0717. The summed E-state index contributed by atoms with van der Waals surface area (Å²) in [4.78, 5) is 19.1. The maximum atomic E-state index is 13.1. The van der Waals surface area contributed by atoms with Crippen LogP contribution < -0.4 is 0 Å². The van der Waals surface area contributed by atoms with Crippen molar-refractivity contribution in [2.24, 2.45) is 0 Å². The third-order valence-corrected chi connectivity index (χ3v) is 5.19. The molecule has 0 radical (unpaired) electrons. The van der Waals surface area contributed by atoms with Crippen molar-refractivity contribution in [3.63, 3.8) is 0 Å². The SMILES string of the molecule is O=C(c1cc(C2CC2)on1)N(Cc1ccc(Cl)c(Cl)c1)Cc1ccccn1. The molecule has 3 aromatic rings. The highest BCUT2D eigenvalue weighted by Crippen LogP contribution is 2.40. The van der Waals surface area contributed by atoms with Gasteiger partial charge in [-0.05, 0) is 42.7 Å². The molecule has 0 spiro atoms. The van der Waals surface area contributed by atoms with E-state index in [4.69, 9.17) is 27.7 Å². The monoisotopic (exact) mass is 401 g/mol. The molecule has 1 aliphatic rings. The minimum Gasteiger partial charge on any atom is -0.360 e. The van der Waals surface area contributed by atoms with E-state index in [1.165, 1.54) is 0 Å². The van der Waals surface area contributed by atoms with E-state index in [0.29, 0.717) is 34.7 Å². The first kappa shape index (κ1) is 18.0. The van der Waals surface area contributed by atoms with Gasteiger partial charge in [0.1, 0.15) is 5.76 Å². The van der Waals surface area contributed by atoms with E-state index in [9.17, 15) is 4.79 Å². The van der Waals surface area contributed by atoms with Crippen molar-refractivity contribution in [2.45, 2.75) is 31.8 Å². The Hall–Kier alpha value is -2.37. The number of carbonyl (C=O) groups is 1. The summed E-state index contributed by atoms with van der Waals surface area (Å²) in [6.45, 7) is 0.712. The normalized spacial score (nSPS) is 13.6. The van der Waals surface area contributed by atoms with Crippen molar-refractivity contribution in [2.75, 3.05) is 0 Å². The minimum absolute atomic E-state index is 0.206. The van der Waals surface area contributed by atoms with Gasteiger partial charge in [0.25, 0.3) is 5.91 Å². The van der Waals surface area contributed by atoms with E-state index < -0.39 is 0 Å². The van der Waals surface area contributed by atoms with Crippen molar-refractivity contribution in [3.05, 3.63) is 81.4 Å². The molecule has 7 heteroatoms. The second kappa shape index (κ2) is 7.71. The van der Waals surface area contributed by atoms with Crippen molar-refractivity contribution < 1.29 is 9.32 Å². The highest BCUT2D eigenvalue weighted by molar-refractivity contribution is 6.42. The van der Waals surface area contributed by atoms with Gasteiger partial charge in [0.2, 0.25) is 0 Å². The largest absolute Gasteiger partial charge is 0.360 e. The van der Waals surface area contributed by atoms with Crippen LogP contribution in [-0.2, 0) is 13.1 Å². The van der Waals surface area contributed by atoms with Crippen molar-refractivity contribution >= 4 is 29.1 Å². The molecule has 2 aromatic heterocycles. The van der Waals surface area contributed by atoms with Crippen LogP contribution in [0, 0.1) is 0 Å². The first-order valence-electron chi connectivity index (χ1n) is 8.70. The number of pyridine rings is 1. The van der Waals surface area contributed by atoms with Gasteiger partial charge in [-0.1, -0.05) is 40.5 Å². The standard InChI is InChI=1S/C20H17Cl2N3O2/c21-16-7-4-13(9-17(16)22)11-25(12-15-3-1-2-8-23-15)20(26)18-10-19(27-24-18)14-5-6-14/h1-4,7-10,14H,5-6,11-12H2. The van der Waals surface area contributed by atoms with Crippen LogP contribution in [0.25, 0.3) is 0 Å². The lowest BCUT2D eigenvalue weighted by Gasteiger charge is -2.21. The molecule has 138 valence electrons. The molecule has 0 saturated heterocycles. The lowest BCUT2D eigenvalue weighted by atomic mass is 10.2. The topological polar surface area (TPSA) is 59.2 Å². The number of amides is 1. The molecule has 27 heavy (non-hydrogen) atoms. The van der Waals surface area contributed by atoms with Gasteiger partial charge in [-0.25, -0.2) is 0 Å². The van der Waals surface area contributed by atoms with E-state index in [1.807, 2.05) is 24.3 Å². The number of aromatic nitrogens is 2. The molecule has 0 N–H and O–H groups in total. The number of benzene rings is 1. The Morgan fingerprint density at radius 3 is 2.67 bits per heavy atom. The van der Waals surface area contributed by atoms with Gasteiger partial charge in [0.05, 0.1) is 22.3 Å². The maximum absolute atomic E-state index is 13.1. The van der Waals surface area contributed by atoms with Crippen molar-refractivity contribution in [1.29, 1.82) is 0 Å². The number of hydrogen-bond donors (Lipinski definition) is 0. The fourth-order valence-electron chi connectivity index (χ4n) is 2.86. The Labute approximate surface area is 166 Å². The molecule has 4 rings (SSSR count). The van der Waals surface area contributed by atoms with Crippen LogP contribution in [-0.4, -0.2) is 20.9 Å². The smallest absolute Gasteiger partial charge is 0.276 e. The van der Waals surface area contributed by atoms with Gasteiger partial charge < -0.3 is 9.42 Å². The molecule has 1 fully saturated rings. The van der Waals surface area contributed by atoms with Crippen LogP contribution in [0.3, 0.4) is 0 Å². The van der Waals surface area contributed by atoms with E-state index >= 15 is 0 Å². The van der Waals surface area contributed by atoms with Gasteiger partial charge in [-0.15, -0.1) is 0 Å². The van der Waals surface area contributed by atoms with Crippen molar-refractivity contribution in [3.8, 4) is 0 Å². The van der Waals surface area contributed by atoms with E-state index in [0.717, 1.165) is 29.9 Å². The Morgan fingerprint density at radius 1 is 1.11 bits per heavy atom. The molecule has 0 atom stereocenters. The number of nitrogens with zero attached hydrogens (tertiary/aromatic N) is 3. The Kier molecular flexibility index (Phi) is 5.14. The van der Waals surface area contributed by atoms with Gasteiger partial charge >= 0.3 is 0 Å². The van der Waals surface area contributed by atoms with Gasteiger partial charge in [0, 0.05) is 24.7 Å². The van der Waals surface area contributed by atoms with Crippen LogP contribution in [0.4, 0.5) is 0 Å². The van der Waals surface area contributed by atoms with E-state index in [2.05, 4.69) is 10.1 Å². The summed E-state index contributed by atoms with van der Waals surface area (Å²) in [6, 6.07) is 12.7. The minimum atomic E-state index is -0.206. The summed E-state index contributed by atoms with van der Waals surface area (Å²) >= 11 is 12.1. The third-order valence-electron chi connectivity index (χ3n) is 4.45. The quantitative estimate of drug-likeness (QED) is 0.576. The molecule has 5 nitrogen and oxygen atoms in total. The third kappa shape index (κ3) is 4.31. The summed E-state index contributed by atoms with van der Waals surface area (Å²) in [5.41, 5.74) is 1.98. The average molecular weight is 402 g/mol. The average Bonchev–Trinajstić information content (AvgIpc) is 3.41. The summed E-state index contributed by atoms with van der Waals surface area (Å²) in [5.74, 6) is 0.978. The Morgan fingerprint density at radius 2 is 1.96 bits per heavy atom. The number of carbonyl (C=O) groups excluding carboxylic acids is 1. The number of hydrogen-bond acceptors (Lipinski definition) is 4. The zero-order chi connectivity index (χ0) is 18.8. The Bertz CT molecular complexity index is 955. The fourth-order valence-corrected chi connectivity index (χ4v) is 3.18. The summed E-state index contributed by atoms with van der Waals surface area (Å²) in [6.07, 6.45) is 3.88. The molecular weight excluding hydrogens is 385 g/mol. The van der Waals surface area contributed by atoms with Crippen LogP contribution in [0.2, 0.25) is 10.0 Å². The fraction of sp³-hybridized carbons (Fsp3) is 0.250. The molecule has 1 aliphatic carbocycles. The molecule has 1 saturated carbocycles. The van der Waals surface area contributed by atoms with Gasteiger partial charge in [-0.3, -0.25) is 9.78 Å². The van der Waals surface area contributed by atoms with Crippen LogP contribution >= 0.6 is 23.2 Å². The predicted molar refractivity (Wildman–Crippen MR) is 103 cm³/mol. The molecular formula is C20H17Cl2N3O2. The zero-order valence-electron chi connectivity index (χ0n) is 14.4. The summed E-state index contributed by atoms with van der Waals surface area (Å²) in [7, 11) is 0. The summed E-state index contributed by atoms with van der Waals surface area (Å²) in [5, 5.41) is 4.91. The summed E-state index contributed by atoms with van der Waals surface area (Å²) < 4.78 is 5.34. The first-order chi connectivity index (χ1) is 13.1. The van der Waals surface area contributed by atoms with Crippen LogP contribution in [0.5, 0.6) is 0 Å². The Balaban J connectivity index is 1.59. The van der Waals surface area contributed by atoms with Crippen LogP contribution in [0.1, 0.15) is 46.3 Å². The van der Waals surface area contributed by atoms with Gasteiger partial charge in [0.15, 0.2) is 5.69 Å². The molecule has 1 amide bonds. The molecule has 1 aromatic carbocycles. The van der Waals surface area contributed by atoms with Crippen molar-refractivity contribution in [1.82, 2.24) is 15.0 Å². The molecule has 0 unspecified atom stereocenters. The molecule has 2 heterocycles. The van der Waals surface area contributed by atoms with Gasteiger partial charge in [-0.2, -0.15) is 0 Å². The zero-order valence-corrected chi connectivity index (χ0v) is 16.0.